The number of nitro benzene ring substituents is 1. The van der Waals surface area contributed by atoms with E-state index in [1.54, 1.807) is 6.07 Å². The molecule has 0 spiro atoms. The predicted octanol–water partition coefficient (Wildman–Crippen LogP) is 4.07. The zero-order valence-corrected chi connectivity index (χ0v) is 16.9. The van der Waals surface area contributed by atoms with Gasteiger partial charge in [-0.05, 0) is 30.7 Å². The molecular formula is C16H14BrClN2O6S. The summed E-state index contributed by atoms with van der Waals surface area (Å²) < 4.78 is 27.9. The Bertz CT molecular complexity index is 983. The largest absolute Gasteiger partial charge is 0.481 e. The number of anilines is 1. The number of para-hydroxylation sites is 1. The van der Waals surface area contributed by atoms with Crippen molar-refractivity contribution in [3.63, 3.8) is 0 Å². The van der Waals surface area contributed by atoms with Crippen molar-refractivity contribution in [1.29, 1.82) is 0 Å². The molecule has 8 nitrogen and oxygen atoms in total. The zero-order valence-electron chi connectivity index (χ0n) is 13.7. The van der Waals surface area contributed by atoms with Crippen LogP contribution in [0.4, 0.5) is 11.4 Å². The second kappa shape index (κ2) is 8.68. The topological polar surface area (TPSA) is 118 Å². The van der Waals surface area contributed by atoms with Gasteiger partial charge in [0.05, 0.1) is 15.6 Å². The van der Waals surface area contributed by atoms with E-state index in [0.29, 0.717) is 4.47 Å². The van der Waals surface area contributed by atoms with E-state index in [9.17, 15) is 23.3 Å². The van der Waals surface area contributed by atoms with Crippen LogP contribution >= 0.6 is 27.5 Å². The number of halogens is 2. The van der Waals surface area contributed by atoms with Gasteiger partial charge in [0, 0.05) is 23.5 Å². The number of hydrogen-bond donors (Lipinski definition) is 1. The number of carboxylic acid groups (broad SMARTS) is 1. The highest BCUT2D eigenvalue weighted by molar-refractivity contribution is 9.10. The second-order valence-electron chi connectivity index (χ2n) is 5.40. The van der Waals surface area contributed by atoms with Crippen LogP contribution in [-0.2, 0) is 14.8 Å². The Morgan fingerprint density at radius 3 is 2.52 bits per heavy atom. The van der Waals surface area contributed by atoms with Gasteiger partial charge < -0.3 is 5.11 Å². The van der Waals surface area contributed by atoms with Crippen molar-refractivity contribution in [3.8, 4) is 0 Å². The van der Waals surface area contributed by atoms with Crippen LogP contribution in [0.25, 0.3) is 0 Å². The van der Waals surface area contributed by atoms with Gasteiger partial charge in [-0.2, -0.15) is 0 Å². The fourth-order valence-corrected chi connectivity index (χ4v) is 4.88. The number of nitrogens with zero attached hydrogens (tertiary/aromatic N) is 2. The van der Waals surface area contributed by atoms with Crippen LogP contribution in [0.5, 0.6) is 0 Å². The Morgan fingerprint density at radius 2 is 1.93 bits per heavy atom. The van der Waals surface area contributed by atoms with E-state index in [1.165, 1.54) is 24.3 Å². The summed E-state index contributed by atoms with van der Waals surface area (Å²) in [5.41, 5.74) is -0.475. The van der Waals surface area contributed by atoms with Gasteiger partial charge in [0.2, 0.25) is 0 Å². The van der Waals surface area contributed by atoms with Crippen LogP contribution in [0.2, 0.25) is 5.02 Å². The van der Waals surface area contributed by atoms with Gasteiger partial charge in [-0.25, -0.2) is 8.42 Å². The molecule has 0 saturated heterocycles. The highest BCUT2D eigenvalue weighted by Crippen LogP contribution is 2.35. The molecule has 2 aromatic carbocycles. The van der Waals surface area contributed by atoms with Crippen LogP contribution in [0.15, 0.2) is 51.8 Å². The molecule has 2 aromatic rings. The first kappa shape index (κ1) is 21.1. The van der Waals surface area contributed by atoms with Crippen molar-refractivity contribution < 1.29 is 23.2 Å². The highest BCUT2D eigenvalue weighted by Gasteiger charge is 2.32. The summed E-state index contributed by atoms with van der Waals surface area (Å²) in [4.78, 5) is 20.8. The third-order valence-corrected chi connectivity index (χ3v) is 6.22. The van der Waals surface area contributed by atoms with Gasteiger partial charge in [0.25, 0.3) is 15.7 Å². The maximum atomic E-state index is 13.2. The molecule has 0 atom stereocenters. The number of aliphatic carboxylic acids is 1. The van der Waals surface area contributed by atoms with Gasteiger partial charge in [-0.1, -0.05) is 39.7 Å². The summed E-state index contributed by atoms with van der Waals surface area (Å²) in [6.07, 6.45) is -0.265. The minimum Gasteiger partial charge on any atom is -0.481 e. The lowest BCUT2D eigenvalue weighted by Gasteiger charge is -2.25. The third kappa shape index (κ3) is 4.96. The summed E-state index contributed by atoms with van der Waals surface area (Å²) in [5.74, 6) is -1.08. The molecule has 0 unspecified atom stereocenters. The summed E-state index contributed by atoms with van der Waals surface area (Å²) in [5, 5.41) is 20.2. The maximum Gasteiger partial charge on any atom is 0.303 e. The Labute approximate surface area is 168 Å². The predicted molar refractivity (Wildman–Crippen MR) is 104 cm³/mol. The fraction of sp³-hybridized carbons (Fsp3) is 0.188. The molecule has 0 fully saturated rings. The third-order valence-electron chi connectivity index (χ3n) is 3.56. The van der Waals surface area contributed by atoms with Crippen molar-refractivity contribution in [1.82, 2.24) is 0 Å². The number of carbonyl (C=O) groups is 1. The van der Waals surface area contributed by atoms with Gasteiger partial charge in [-0.3, -0.25) is 19.2 Å². The fourth-order valence-electron chi connectivity index (χ4n) is 2.37. The van der Waals surface area contributed by atoms with E-state index < -0.39 is 31.5 Å². The second-order valence-corrected chi connectivity index (χ2v) is 8.55. The molecule has 0 aliphatic rings. The average Bonchev–Trinajstić information content (AvgIpc) is 2.59. The van der Waals surface area contributed by atoms with Crippen LogP contribution in [0.3, 0.4) is 0 Å². The zero-order chi connectivity index (χ0) is 20.2. The summed E-state index contributed by atoms with van der Waals surface area (Å²) in [6, 6.07) is 9.45. The first-order valence-electron chi connectivity index (χ1n) is 7.57. The van der Waals surface area contributed by atoms with Crippen LogP contribution in [0, 0.1) is 10.1 Å². The van der Waals surface area contributed by atoms with Crippen molar-refractivity contribution in [2.45, 2.75) is 17.7 Å². The van der Waals surface area contributed by atoms with Gasteiger partial charge >= 0.3 is 5.97 Å². The van der Waals surface area contributed by atoms with Crippen molar-refractivity contribution >= 4 is 54.9 Å². The standard InChI is InChI=1S/C16H14BrClN2O6S/c17-11-7-8-13(12(18)10-11)19(9-3-6-16(21)22)27(25,26)15-5-2-1-4-14(15)20(23)24/h1-2,4-5,7-8,10H,3,6,9H2,(H,21,22). The van der Waals surface area contributed by atoms with Crippen molar-refractivity contribution in [3.05, 3.63) is 62.1 Å². The van der Waals surface area contributed by atoms with E-state index in [1.807, 2.05) is 0 Å². The number of sulfonamides is 1. The lowest BCUT2D eigenvalue weighted by molar-refractivity contribution is -0.387. The quantitative estimate of drug-likeness (QED) is 0.452. The smallest absolute Gasteiger partial charge is 0.303 e. The van der Waals surface area contributed by atoms with E-state index >= 15 is 0 Å². The van der Waals surface area contributed by atoms with Gasteiger partial charge in [-0.15, -0.1) is 0 Å². The molecule has 144 valence electrons. The Hall–Kier alpha value is -2.17. The molecule has 0 radical (unpaired) electrons. The number of benzene rings is 2. The average molecular weight is 478 g/mol. The van der Waals surface area contributed by atoms with E-state index in [4.69, 9.17) is 16.7 Å². The molecule has 0 saturated carbocycles. The van der Waals surface area contributed by atoms with Crippen LogP contribution in [0.1, 0.15) is 12.8 Å². The minimum atomic E-state index is -4.36. The Kier molecular flexibility index (Phi) is 6.79. The molecular weight excluding hydrogens is 464 g/mol. The molecule has 11 heteroatoms. The van der Waals surface area contributed by atoms with Gasteiger partial charge in [0.15, 0.2) is 4.90 Å². The highest BCUT2D eigenvalue weighted by atomic mass is 79.9. The molecule has 1 N–H and O–H groups in total. The van der Waals surface area contributed by atoms with Crippen molar-refractivity contribution in [2.75, 3.05) is 10.8 Å². The summed E-state index contributed by atoms with van der Waals surface area (Å²) >= 11 is 9.40. The molecule has 27 heavy (non-hydrogen) atoms. The molecule has 0 aromatic heterocycles. The number of carboxylic acids is 1. The molecule has 2 rings (SSSR count). The van der Waals surface area contributed by atoms with E-state index in [0.717, 1.165) is 16.4 Å². The molecule has 0 amide bonds. The monoisotopic (exact) mass is 476 g/mol. The molecule has 0 bridgehead atoms. The van der Waals surface area contributed by atoms with Gasteiger partial charge in [0.1, 0.15) is 0 Å². The lowest BCUT2D eigenvalue weighted by Crippen LogP contribution is -2.33. The first-order valence-corrected chi connectivity index (χ1v) is 10.2. The van der Waals surface area contributed by atoms with Crippen LogP contribution < -0.4 is 4.31 Å². The maximum absolute atomic E-state index is 13.2. The number of nitro groups is 1. The van der Waals surface area contributed by atoms with E-state index in [2.05, 4.69) is 15.9 Å². The molecule has 0 aliphatic heterocycles. The van der Waals surface area contributed by atoms with Crippen molar-refractivity contribution in [2.24, 2.45) is 0 Å². The molecule has 0 aliphatic carbocycles. The first-order chi connectivity index (χ1) is 12.6. The summed E-state index contributed by atoms with van der Waals surface area (Å²) in [6.45, 7) is -0.206. The summed E-state index contributed by atoms with van der Waals surface area (Å²) in [7, 11) is -4.36. The Balaban J connectivity index is 2.58. The SMILES string of the molecule is O=C(O)CCCN(c1ccc(Br)cc1Cl)S(=O)(=O)c1ccccc1[N+](=O)[O-]. The van der Waals surface area contributed by atoms with Crippen LogP contribution in [-0.4, -0.2) is 31.0 Å². The number of rotatable bonds is 8. The number of hydrogen-bond acceptors (Lipinski definition) is 5. The molecule has 0 heterocycles. The Morgan fingerprint density at radius 1 is 1.26 bits per heavy atom. The lowest BCUT2D eigenvalue weighted by atomic mass is 10.3. The van der Waals surface area contributed by atoms with E-state index in [-0.39, 0.29) is 30.1 Å². The minimum absolute atomic E-state index is 0.00157. The normalized spacial score (nSPS) is 11.2.